The number of rotatable bonds is 9. The number of aromatic nitrogens is 2. The van der Waals surface area contributed by atoms with E-state index < -0.39 is 17.1 Å². The summed E-state index contributed by atoms with van der Waals surface area (Å²) in [7, 11) is 0. The van der Waals surface area contributed by atoms with Crippen LogP contribution >= 0.6 is 0 Å². The van der Waals surface area contributed by atoms with Crippen LogP contribution in [0.25, 0.3) is 0 Å². The predicted molar refractivity (Wildman–Crippen MR) is 75.1 cm³/mol. The molecule has 0 saturated carbocycles. The molecule has 8 heteroatoms. The monoisotopic (exact) mass is 297 g/mol. The number of carbonyl (C=O) groups excluding carboxylic acids is 1. The van der Waals surface area contributed by atoms with Gasteiger partial charge in [0, 0.05) is 25.1 Å². The summed E-state index contributed by atoms with van der Waals surface area (Å²) in [6, 6.07) is 2.21. The Balaban J connectivity index is 2.20. The first-order valence-corrected chi connectivity index (χ1v) is 6.77. The Labute approximate surface area is 120 Å². The lowest BCUT2D eigenvalue weighted by atomic mass is 10.1. The lowest BCUT2D eigenvalue weighted by molar-refractivity contribution is -0.137. The van der Waals surface area contributed by atoms with Crippen molar-refractivity contribution in [2.75, 3.05) is 6.54 Å². The van der Waals surface area contributed by atoms with Crippen LogP contribution in [0.15, 0.2) is 21.7 Å². The highest BCUT2D eigenvalue weighted by molar-refractivity contribution is 5.75. The number of aromatic amines is 1. The molecule has 0 atom stereocenters. The fraction of sp³-hybridized carbons (Fsp3) is 0.538. The first-order valence-electron chi connectivity index (χ1n) is 6.77. The molecule has 1 rings (SSSR count). The Hall–Kier alpha value is -2.38. The van der Waals surface area contributed by atoms with Crippen molar-refractivity contribution in [2.24, 2.45) is 0 Å². The second kappa shape index (κ2) is 8.72. The van der Waals surface area contributed by atoms with Crippen LogP contribution in [0.2, 0.25) is 0 Å². The predicted octanol–water partition coefficient (Wildman–Crippen LogP) is -0.312. The molecular weight excluding hydrogens is 278 g/mol. The van der Waals surface area contributed by atoms with Gasteiger partial charge in [-0.05, 0) is 12.8 Å². The summed E-state index contributed by atoms with van der Waals surface area (Å²) in [5.74, 6) is -1.16. The van der Waals surface area contributed by atoms with E-state index in [4.69, 9.17) is 5.11 Å². The van der Waals surface area contributed by atoms with Crippen LogP contribution in [-0.4, -0.2) is 33.3 Å². The molecule has 0 aliphatic heterocycles. The Bertz CT molecular complexity index is 590. The number of carboxylic acids is 1. The van der Waals surface area contributed by atoms with Gasteiger partial charge in [-0.2, -0.15) is 0 Å². The van der Waals surface area contributed by atoms with Gasteiger partial charge in [0.15, 0.2) is 0 Å². The molecule has 1 amide bonds. The summed E-state index contributed by atoms with van der Waals surface area (Å²) in [5, 5.41) is 13.4. The number of amides is 1. The van der Waals surface area contributed by atoms with E-state index in [1.807, 2.05) is 0 Å². The second-order valence-corrected chi connectivity index (χ2v) is 4.64. The third kappa shape index (κ3) is 7.09. The van der Waals surface area contributed by atoms with Gasteiger partial charge in [0.2, 0.25) is 5.91 Å². The molecule has 0 aromatic carbocycles. The van der Waals surface area contributed by atoms with Gasteiger partial charge in [0.25, 0.3) is 11.1 Å². The molecule has 1 aromatic rings. The van der Waals surface area contributed by atoms with Crippen LogP contribution in [-0.2, 0) is 16.1 Å². The number of aliphatic carboxylic acids is 1. The van der Waals surface area contributed by atoms with E-state index in [1.54, 1.807) is 0 Å². The fourth-order valence-electron chi connectivity index (χ4n) is 1.76. The van der Waals surface area contributed by atoms with Crippen LogP contribution in [0, 0.1) is 0 Å². The second-order valence-electron chi connectivity index (χ2n) is 4.64. The van der Waals surface area contributed by atoms with Crippen molar-refractivity contribution in [3.8, 4) is 0 Å². The quantitative estimate of drug-likeness (QED) is 0.540. The lowest BCUT2D eigenvalue weighted by Crippen LogP contribution is -2.36. The lowest BCUT2D eigenvalue weighted by Gasteiger charge is -2.06. The number of nitrogens with one attached hydrogen (secondary N) is 2. The Morgan fingerprint density at radius 1 is 1.14 bits per heavy atom. The van der Waals surface area contributed by atoms with Gasteiger partial charge >= 0.3 is 5.97 Å². The average Bonchev–Trinajstić information content (AvgIpc) is 2.41. The molecule has 21 heavy (non-hydrogen) atoms. The minimum Gasteiger partial charge on any atom is -0.481 e. The number of unbranched alkanes of at least 4 members (excludes halogenated alkanes) is 3. The topological polar surface area (TPSA) is 121 Å². The standard InChI is InChI=1S/C13H19N3O5/c17-10-6-7-12(19)16(15-10)9-11(18)14-8-4-2-1-3-5-13(20)21/h6-7H,1-5,8-9H2,(H,14,18)(H,15,17)(H,20,21). The maximum absolute atomic E-state index is 11.6. The van der Waals surface area contributed by atoms with Crippen LogP contribution in [0.3, 0.4) is 0 Å². The van der Waals surface area contributed by atoms with Crippen LogP contribution in [0.1, 0.15) is 32.1 Å². The number of nitrogens with zero attached hydrogens (tertiary/aromatic N) is 1. The minimum atomic E-state index is -0.800. The van der Waals surface area contributed by atoms with E-state index in [2.05, 4.69) is 10.4 Å². The number of hydrogen-bond donors (Lipinski definition) is 3. The molecule has 0 unspecified atom stereocenters. The highest BCUT2D eigenvalue weighted by Gasteiger charge is 2.04. The van der Waals surface area contributed by atoms with Gasteiger partial charge in [-0.25, -0.2) is 4.68 Å². The summed E-state index contributed by atoms with van der Waals surface area (Å²) in [4.78, 5) is 44.3. The largest absolute Gasteiger partial charge is 0.481 e. The highest BCUT2D eigenvalue weighted by atomic mass is 16.4. The number of hydrogen-bond acceptors (Lipinski definition) is 4. The molecular formula is C13H19N3O5. The number of H-pyrrole nitrogens is 1. The highest BCUT2D eigenvalue weighted by Crippen LogP contribution is 2.01. The Kier molecular flexibility index (Phi) is 6.93. The van der Waals surface area contributed by atoms with Gasteiger partial charge in [-0.1, -0.05) is 12.8 Å². The Morgan fingerprint density at radius 3 is 2.57 bits per heavy atom. The third-order valence-electron chi connectivity index (χ3n) is 2.83. The van der Waals surface area contributed by atoms with Gasteiger partial charge in [0.1, 0.15) is 6.54 Å². The van der Waals surface area contributed by atoms with Crippen LogP contribution < -0.4 is 16.4 Å². The molecule has 0 spiro atoms. The summed E-state index contributed by atoms with van der Waals surface area (Å²) in [5.41, 5.74) is -0.890. The molecule has 8 nitrogen and oxygen atoms in total. The zero-order valence-electron chi connectivity index (χ0n) is 11.6. The molecule has 0 aliphatic rings. The van der Waals surface area contributed by atoms with Crippen molar-refractivity contribution in [1.82, 2.24) is 15.1 Å². The first kappa shape index (κ1) is 16.7. The number of carbonyl (C=O) groups is 2. The smallest absolute Gasteiger partial charge is 0.303 e. The van der Waals surface area contributed by atoms with Crippen LogP contribution in [0.5, 0.6) is 0 Å². The molecule has 0 radical (unpaired) electrons. The third-order valence-corrected chi connectivity index (χ3v) is 2.83. The van der Waals surface area contributed by atoms with Gasteiger partial charge in [-0.15, -0.1) is 0 Å². The molecule has 116 valence electrons. The molecule has 3 N–H and O–H groups in total. The van der Waals surface area contributed by atoms with E-state index in [1.165, 1.54) is 0 Å². The van der Waals surface area contributed by atoms with Crippen molar-refractivity contribution >= 4 is 11.9 Å². The summed E-state index contributed by atoms with van der Waals surface area (Å²) in [6.07, 6.45) is 3.16. The summed E-state index contributed by atoms with van der Waals surface area (Å²) >= 11 is 0. The summed E-state index contributed by atoms with van der Waals surface area (Å²) in [6.45, 7) is 0.228. The molecule has 1 aromatic heterocycles. The zero-order valence-corrected chi connectivity index (χ0v) is 11.6. The molecule has 0 saturated heterocycles. The van der Waals surface area contributed by atoms with Crippen molar-refractivity contribution in [3.05, 3.63) is 32.8 Å². The SMILES string of the molecule is O=C(O)CCCCCCNC(=O)Cn1[nH]c(=O)ccc1=O. The van der Waals surface area contributed by atoms with Gasteiger partial charge in [0.05, 0.1) is 0 Å². The minimum absolute atomic E-state index is 0.163. The first-order chi connectivity index (χ1) is 9.99. The molecule has 0 aliphatic carbocycles. The fourth-order valence-corrected chi connectivity index (χ4v) is 1.76. The van der Waals surface area contributed by atoms with Crippen molar-refractivity contribution in [1.29, 1.82) is 0 Å². The normalized spacial score (nSPS) is 10.3. The summed E-state index contributed by atoms with van der Waals surface area (Å²) < 4.78 is 0.949. The maximum Gasteiger partial charge on any atom is 0.303 e. The van der Waals surface area contributed by atoms with E-state index in [-0.39, 0.29) is 18.9 Å². The van der Waals surface area contributed by atoms with Crippen molar-refractivity contribution in [2.45, 2.75) is 38.6 Å². The van der Waals surface area contributed by atoms with E-state index in [0.29, 0.717) is 13.0 Å². The average molecular weight is 297 g/mol. The maximum atomic E-state index is 11.6. The van der Waals surface area contributed by atoms with E-state index >= 15 is 0 Å². The molecule has 1 heterocycles. The zero-order chi connectivity index (χ0) is 15.7. The van der Waals surface area contributed by atoms with Crippen molar-refractivity contribution < 1.29 is 14.7 Å². The van der Waals surface area contributed by atoms with Gasteiger partial charge < -0.3 is 10.4 Å². The van der Waals surface area contributed by atoms with E-state index in [0.717, 1.165) is 36.1 Å². The Morgan fingerprint density at radius 2 is 1.86 bits per heavy atom. The number of carboxylic acid groups (broad SMARTS) is 1. The molecule has 0 fully saturated rings. The van der Waals surface area contributed by atoms with Crippen molar-refractivity contribution in [3.63, 3.8) is 0 Å². The van der Waals surface area contributed by atoms with Crippen LogP contribution in [0.4, 0.5) is 0 Å². The van der Waals surface area contributed by atoms with Gasteiger partial charge in [-0.3, -0.25) is 24.3 Å². The van der Waals surface area contributed by atoms with E-state index in [9.17, 15) is 19.2 Å². The molecule has 0 bridgehead atoms.